The van der Waals surface area contributed by atoms with E-state index in [1.54, 1.807) is 36.1 Å². The molecule has 0 saturated heterocycles. The molecule has 7 heteroatoms. The highest BCUT2D eigenvalue weighted by Gasteiger charge is 2.26. The molecule has 0 bridgehead atoms. The molecule has 0 unspecified atom stereocenters. The van der Waals surface area contributed by atoms with Crippen LogP contribution in [0, 0.1) is 0 Å². The van der Waals surface area contributed by atoms with E-state index in [0.29, 0.717) is 23.7 Å². The Balaban J connectivity index is 1.42. The van der Waals surface area contributed by atoms with Gasteiger partial charge >= 0.3 is 5.97 Å². The van der Waals surface area contributed by atoms with Gasteiger partial charge < -0.3 is 15.0 Å². The van der Waals surface area contributed by atoms with Crippen LogP contribution in [0.3, 0.4) is 0 Å². The Kier molecular flexibility index (Phi) is 6.88. The lowest BCUT2D eigenvalue weighted by Gasteiger charge is -2.30. The SMILES string of the molecule is C[C@H](OC(=O)CCNC(=O)c1ccc(Cl)cc1)C(=O)N1CCc2ccccc2C1. The molecule has 152 valence electrons. The lowest BCUT2D eigenvalue weighted by Crippen LogP contribution is -2.42. The second-order valence-corrected chi connectivity index (χ2v) is 7.36. The lowest BCUT2D eigenvalue weighted by molar-refractivity contribution is -0.159. The quantitative estimate of drug-likeness (QED) is 0.737. The first-order valence-electron chi connectivity index (χ1n) is 9.53. The average molecular weight is 415 g/mol. The van der Waals surface area contributed by atoms with E-state index >= 15 is 0 Å². The van der Waals surface area contributed by atoms with Crippen LogP contribution in [0.2, 0.25) is 5.02 Å². The number of esters is 1. The molecule has 1 aliphatic rings. The molecule has 0 saturated carbocycles. The molecule has 0 radical (unpaired) electrons. The number of amides is 2. The smallest absolute Gasteiger partial charge is 0.308 e. The van der Waals surface area contributed by atoms with Crippen LogP contribution in [-0.2, 0) is 27.3 Å². The standard InChI is InChI=1S/C22H23ClN2O4/c1-15(22(28)25-13-11-16-4-2-3-5-18(16)14-25)29-20(26)10-12-24-21(27)17-6-8-19(23)9-7-17/h2-9,15H,10-14H2,1H3,(H,24,27)/t15-/m0/s1. The second-order valence-electron chi connectivity index (χ2n) is 6.92. The highest BCUT2D eigenvalue weighted by atomic mass is 35.5. The molecule has 1 aliphatic heterocycles. The van der Waals surface area contributed by atoms with Gasteiger partial charge in [0, 0.05) is 30.2 Å². The van der Waals surface area contributed by atoms with Gasteiger partial charge in [-0.3, -0.25) is 14.4 Å². The highest BCUT2D eigenvalue weighted by molar-refractivity contribution is 6.30. The van der Waals surface area contributed by atoms with Crippen molar-refractivity contribution in [2.45, 2.75) is 32.4 Å². The van der Waals surface area contributed by atoms with E-state index in [0.717, 1.165) is 12.0 Å². The number of nitrogens with one attached hydrogen (secondary N) is 1. The van der Waals surface area contributed by atoms with E-state index in [4.69, 9.17) is 16.3 Å². The number of carbonyl (C=O) groups excluding carboxylic acids is 3. The monoisotopic (exact) mass is 414 g/mol. The predicted molar refractivity (Wildman–Crippen MR) is 110 cm³/mol. The molecule has 6 nitrogen and oxygen atoms in total. The maximum absolute atomic E-state index is 12.6. The molecule has 29 heavy (non-hydrogen) atoms. The summed E-state index contributed by atoms with van der Waals surface area (Å²) < 4.78 is 5.26. The summed E-state index contributed by atoms with van der Waals surface area (Å²) in [4.78, 5) is 38.4. The van der Waals surface area contributed by atoms with Crippen molar-refractivity contribution in [2.75, 3.05) is 13.1 Å². The summed E-state index contributed by atoms with van der Waals surface area (Å²) in [5.41, 5.74) is 2.82. The van der Waals surface area contributed by atoms with Crippen LogP contribution in [0.5, 0.6) is 0 Å². The number of nitrogens with zero attached hydrogens (tertiary/aromatic N) is 1. The molecule has 0 aromatic heterocycles. The third kappa shape index (κ3) is 5.57. The maximum Gasteiger partial charge on any atom is 0.308 e. The van der Waals surface area contributed by atoms with Crippen molar-refractivity contribution in [3.8, 4) is 0 Å². The van der Waals surface area contributed by atoms with Gasteiger partial charge in [0.05, 0.1) is 6.42 Å². The number of hydrogen-bond acceptors (Lipinski definition) is 4. The molecular weight excluding hydrogens is 392 g/mol. The van der Waals surface area contributed by atoms with Gasteiger partial charge in [-0.25, -0.2) is 0 Å². The van der Waals surface area contributed by atoms with Gasteiger partial charge in [0.1, 0.15) is 0 Å². The third-order valence-electron chi connectivity index (χ3n) is 4.82. The summed E-state index contributed by atoms with van der Waals surface area (Å²) in [7, 11) is 0. The van der Waals surface area contributed by atoms with Crippen LogP contribution < -0.4 is 5.32 Å². The van der Waals surface area contributed by atoms with Crippen molar-refractivity contribution in [1.29, 1.82) is 0 Å². The average Bonchev–Trinajstić information content (AvgIpc) is 2.73. The number of carbonyl (C=O) groups is 3. The molecule has 2 aromatic rings. The fraction of sp³-hybridized carbons (Fsp3) is 0.318. The van der Waals surface area contributed by atoms with E-state index in [-0.39, 0.29) is 24.8 Å². The number of halogens is 1. The molecular formula is C22H23ClN2O4. The normalized spacial score (nSPS) is 13.9. The van der Waals surface area contributed by atoms with Crippen molar-refractivity contribution in [3.05, 3.63) is 70.2 Å². The van der Waals surface area contributed by atoms with Gasteiger partial charge in [0.25, 0.3) is 11.8 Å². The van der Waals surface area contributed by atoms with Gasteiger partial charge in [-0.1, -0.05) is 35.9 Å². The van der Waals surface area contributed by atoms with Crippen LogP contribution >= 0.6 is 11.6 Å². The minimum atomic E-state index is -0.861. The summed E-state index contributed by atoms with van der Waals surface area (Å²) in [6, 6.07) is 14.5. The van der Waals surface area contributed by atoms with Gasteiger partial charge in [-0.05, 0) is 48.7 Å². The molecule has 1 atom stereocenters. The predicted octanol–water partition coefficient (Wildman–Crippen LogP) is 2.98. The van der Waals surface area contributed by atoms with E-state index in [9.17, 15) is 14.4 Å². The zero-order valence-electron chi connectivity index (χ0n) is 16.2. The fourth-order valence-electron chi connectivity index (χ4n) is 3.23. The lowest BCUT2D eigenvalue weighted by atomic mass is 9.99. The zero-order valence-corrected chi connectivity index (χ0v) is 16.9. The maximum atomic E-state index is 12.6. The summed E-state index contributed by atoms with van der Waals surface area (Å²) in [5, 5.41) is 3.19. The number of rotatable bonds is 6. The number of fused-ring (bicyclic) bond motifs is 1. The molecule has 1 N–H and O–H groups in total. The van der Waals surface area contributed by atoms with E-state index in [2.05, 4.69) is 11.4 Å². The van der Waals surface area contributed by atoms with Crippen LogP contribution in [0.25, 0.3) is 0 Å². The van der Waals surface area contributed by atoms with Gasteiger partial charge in [0.2, 0.25) is 0 Å². The van der Waals surface area contributed by atoms with Crippen LogP contribution in [0.4, 0.5) is 0 Å². The van der Waals surface area contributed by atoms with Gasteiger partial charge in [-0.15, -0.1) is 0 Å². The summed E-state index contributed by atoms with van der Waals surface area (Å²) >= 11 is 5.79. The summed E-state index contributed by atoms with van der Waals surface area (Å²) in [6.45, 7) is 2.83. The second kappa shape index (κ2) is 9.56. The molecule has 2 amide bonds. The van der Waals surface area contributed by atoms with E-state index in [1.165, 1.54) is 5.56 Å². The van der Waals surface area contributed by atoms with Crippen molar-refractivity contribution in [2.24, 2.45) is 0 Å². The zero-order chi connectivity index (χ0) is 20.8. The van der Waals surface area contributed by atoms with Gasteiger partial charge in [-0.2, -0.15) is 0 Å². The van der Waals surface area contributed by atoms with Crippen molar-refractivity contribution in [3.63, 3.8) is 0 Å². The Morgan fingerprint density at radius 3 is 2.52 bits per heavy atom. The Labute approximate surface area is 174 Å². The van der Waals surface area contributed by atoms with Crippen LogP contribution in [-0.4, -0.2) is 41.9 Å². The number of hydrogen-bond donors (Lipinski definition) is 1. The first kappa shape index (κ1) is 20.9. The first-order chi connectivity index (χ1) is 13.9. The molecule has 0 fully saturated rings. The summed E-state index contributed by atoms with van der Waals surface area (Å²) in [6.07, 6.45) is -0.0845. The molecule has 1 heterocycles. The minimum absolute atomic E-state index is 0.0141. The van der Waals surface area contributed by atoms with Crippen LogP contribution in [0.1, 0.15) is 34.8 Å². The molecule has 0 spiro atoms. The first-order valence-corrected chi connectivity index (χ1v) is 9.90. The number of ether oxygens (including phenoxy) is 1. The Morgan fingerprint density at radius 2 is 1.79 bits per heavy atom. The van der Waals surface area contributed by atoms with E-state index in [1.807, 2.05) is 18.2 Å². The summed E-state index contributed by atoms with van der Waals surface area (Å²) in [5.74, 6) is -1.04. The Bertz CT molecular complexity index is 898. The minimum Gasteiger partial charge on any atom is -0.452 e. The Hall–Kier alpha value is -2.86. The number of benzene rings is 2. The Morgan fingerprint density at radius 1 is 1.10 bits per heavy atom. The molecule has 2 aromatic carbocycles. The molecule has 3 rings (SSSR count). The highest BCUT2D eigenvalue weighted by Crippen LogP contribution is 2.19. The largest absolute Gasteiger partial charge is 0.452 e. The molecule has 0 aliphatic carbocycles. The van der Waals surface area contributed by atoms with E-state index < -0.39 is 12.1 Å². The van der Waals surface area contributed by atoms with Crippen LogP contribution in [0.15, 0.2) is 48.5 Å². The third-order valence-corrected chi connectivity index (χ3v) is 5.07. The van der Waals surface area contributed by atoms with Crippen molar-refractivity contribution >= 4 is 29.4 Å². The van der Waals surface area contributed by atoms with Crippen molar-refractivity contribution < 1.29 is 19.1 Å². The fourth-order valence-corrected chi connectivity index (χ4v) is 3.35. The van der Waals surface area contributed by atoms with Crippen molar-refractivity contribution in [1.82, 2.24) is 10.2 Å². The van der Waals surface area contributed by atoms with Gasteiger partial charge in [0.15, 0.2) is 6.10 Å². The topological polar surface area (TPSA) is 75.7 Å².